The van der Waals surface area contributed by atoms with Gasteiger partial charge < -0.3 is 24.6 Å². The number of nitrogens with one attached hydrogen (secondary N) is 1. The van der Waals surface area contributed by atoms with E-state index < -0.39 is 0 Å². The molecule has 2 aliphatic rings. The number of aromatic nitrogens is 1. The molecule has 0 atom stereocenters. The summed E-state index contributed by atoms with van der Waals surface area (Å²) in [5.41, 5.74) is 2.21. The number of fused-ring (bicyclic) bond motifs is 1. The molecule has 9 heteroatoms. The summed E-state index contributed by atoms with van der Waals surface area (Å²) in [4.78, 5) is 21.2. The van der Waals surface area contributed by atoms with E-state index in [0.717, 1.165) is 17.1 Å². The van der Waals surface area contributed by atoms with Gasteiger partial charge in [-0.3, -0.25) is 4.79 Å². The molecule has 1 saturated heterocycles. The number of halogens is 1. The number of carbonyl (C=O) groups is 1. The average Bonchev–Trinajstić information content (AvgIpc) is 3.43. The predicted octanol–water partition coefficient (Wildman–Crippen LogP) is 3.72. The second-order valence-electron chi connectivity index (χ2n) is 6.99. The number of benzene rings is 2. The van der Waals surface area contributed by atoms with Crippen LogP contribution in [0.15, 0.2) is 47.8 Å². The van der Waals surface area contributed by atoms with Crippen molar-refractivity contribution in [1.29, 1.82) is 0 Å². The summed E-state index contributed by atoms with van der Waals surface area (Å²) in [5.74, 6) is 1.08. The maximum absolute atomic E-state index is 13.1. The number of ether oxygens (including phenoxy) is 2. The van der Waals surface area contributed by atoms with Gasteiger partial charge >= 0.3 is 0 Å². The number of hydrogen-bond donors (Lipinski definition) is 1. The first kappa shape index (κ1) is 18.7. The number of nitrogens with zero attached hydrogens (tertiary/aromatic N) is 3. The molecule has 0 spiro atoms. The number of hydrogen-bond acceptors (Lipinski definition) is 7. The first-order chi connectivity index (χ1) is 14.7. The fourth-order valence-electron chi connectivity index (χ4n) is 3.51. The maximum atomic E-state index is 13.1. The fourth-order valence-corrected chi connectivity index (χ4v) is 4.21. The van der Waals surface area contributed by atoms with Crippen LogP contribution >= 0.6 is 11.3 Å². The second kappa shape index (κ2) is 7.83. The zero-order valence-electron chi connectivity index (χ0n) is 16.0. The van der Waals surface area contributed by atoms with Gasteiger partial charge in [-0.15, -0.1) is 11.3 Å². The smallest absolute Gasteiger partial charge is 0.273 e. The normalized spacial score (nSPS) is 15.4. The molecule has 3 aromatic rings. The first-order valence-corrected chi connectivity index (χ1v) is 10.5. The van der Waals surface area contributed by atoms with E-state index in [2.05, 4.69) is 15.2 Å². The molecule has 7 nitrogen and oxygen atoms in total. The Hall–Kier alpha value is -3.33. The molecule has 0 saturated carbocycles. The SMILES string of the molecule is O=C(c1csc(Nc2ccc3c(c2)OCO3)n1)N1CCN(c2ccc(F)cc2)CC1. The monoisotopic (exact) mass is 426 g/mol. The summed E-state index contributed by atoms with van der Waals surface area (Å²) in [6.45, 7) is 2.81. The number of anilines is 3. The van der Waals surface area contributed by atoms with E-state index in [1.807, 2.05) is 18.2 Å². The van der Waals surface area contributed by atoms with Crippen molar-refractivity contribution in [3.05, 3.63) is 59.4 Å². The van der Waals surface area contributed by atoms with Crippen molar-refractivity contribution >= 4 is 33.8 Å². The molecule has 5 rings (SSSR count). The molecule has 3 heterocycles. The third-order valence-corrected chi connectivity index (χ3v) is 5.86. The number of rotatable bonds is 4. The molecular formula is C21H19FN4O3S. The van der Waals surface area contributed by atoms with Gasteiger partial charge in [-0.05, 0) is 36.4 Å². The molecule has 1 N–H and O–H groups in total. The van der Waals surface area contributed by atoms with E-state index >= 15 is 0 Å². The Balaban J connectivity index is 1.20. The lowest BCUT2D eigenvalue weighted by Gasteiger charge is -2.35. The minimum atomic E-state index is -0.249. The van der Waals surface area contributed by atoms with Crippen molar-refractivity contribution in [3.8, 4) is 11.5 Å². The highest BCUT2D eigenvalue weighted by Crippen LogP contribution is 2.35. The van der Waals surface area contributed by atoms with E-state index in [1.165, 1.54) is 23.5 Å². The Morgan fingerprint density at radius 3 is 2.60 bits per heavy atom. The first-order valence-electron chi connectivity index (χ1n) is 9.58. The molecule has 0 aliphatic carbocycles. The Bertz CT molecular complexity index is 1060. The Morgan fingerprint density at radius 1 is 1.03 bits per heavy atom. The highest BCUT2D eigenvalue weighted by atomic mass is 32.1. The maximum Gasteiger partial charge on any atom is 0.273 e. The molecule has 2 aromatic carbocycles. The molecule has 0 bridgehead atoms. The van der Waals surface area contributed by atoms with Gasteiger partial charge in [-0.1, -0.05) is 0 Å². The van der Waals surface area contributed by atoms with Crippen LogP contribution in [0, 0.1) is 5.82 Å². The number of thiazole rings is 1. The zero-order chi connectivity index (χ0) is 20.5. The highest BCUT2D eigenvalue weighted by Gasteiger charge is 2.24. The van der Waals surface area contributed by atoms with Gasteiger partial charge in [0.15, 0.2) is 16.6 Å². The second-order valence-corrected chi connectivity index (χ2v) is 7.84. The topological polar surface area (TPSA) is 66.9 Å². The fraction of sp³-hybridized carbons (Fsp3) is 0.238. The Kier molecular flexibility index (Phi) is 4.88. The van der Waals surface area contributed by atoms with Crippen molar-refractivity contribution in [2.24, 2.45) is 0 Å². The molecule has 1 amide bonds. The zero-order valence-corrected chi connectivity index (χ0v) is 16.8. The minimum Gasteiger partial charge on any atom is -0.454 e. The summed E-state index contributed by atoms with van der Waals surface area (Å²) in [7, 11) is 0. The van der Waals surface area contributed by atoms with Crippen LogP contribution in [0.2, 0.25) is 0 Å². The molecule has 2 aliphatic heterocycles. The lowest BCUT2D eigenvalue weighted by Crippen LogP contribution is -2.48. The van der Waals surface area contributed by atoms with Gasteiger partial charge in [0.25, 0.3) is 5.91 Å². The number of amides is 1. The molecule has 154 valence electrons. The van der Waals surface area contributed by atoms with Crippen LogP contribution in [0.1, 0.15) is 10.5 Å². The summed E-state index contributed by atoms with van der Waals surface area (Å²) in [6, 6.07) is 12.0. The molecular weight excluding hydrogens is 407 g/mol. The number of carbonyl (C=O) groups excluding carboxylic acids is 1. The lowest BCUT2D eigenvalue weighted by molar-refractivity contribution is 0.0742. The average molecular weight is 426 g/mol. The van der Waals surface area contributed by atoms with Crippen molar-refractivity contribution in [2.75, 3.05) is 43.2 Å². The molecule has 1 fully saturated rings. The van der Waals surface area contributed by atoms with Crippen molar-refractivity contribution < 1.29 is 18.7 Å². The highest BCUT2D eigenvalue weighted by molar-refractivity contribution is 7.14. The van der Waals surface area contributed by atoms with E-state index in [1.54, 1.807) is 22.4 Å². The minimum absolute atomic E-state index is 0.0799. The molecule has 0 unspecified atom stereocenters. The van der Waals surface area contributed by atoms with Crippen molar-refractivity contribution in [1.82, 2.24) is 9.88 Å². The van der Waals surface area contributed by atoms with Crippen molar-refractivity contribution in [2.45, 2.75) is 0 Å². The van der Waals surface area contributed by atoms with Crippen LogP contribution in [0.25, 0.3) is 0 Å². The van der Waals surface area contributed by atoms with Gasteiger partial charge in [0.05, 0.1) is 0 Å². The predicted molar refractivity (Wildman–Crippen MR) is 112 cm³/mol. The van der Waals surface area contributed by atoms with Crippen molar-refractivity contribution in [3.63, 3.8) is 0 Å². The van der Waals surface area contributed by atoms with E-state index in [0.29, 0.717) is 42.8 Å². The van der Waals surface area contributed by atoms with Crippen LogP contribution in [0.5, 0.6) is 11.5 Å². The van der Waals surface area contributed by atoms with Crippen LogP contribution < -0.4 is 19.7 Å². The van der Waals surface area contributed by atoms with Crippen LogP contribution in [-0.4, -0.2) is 48.8 Å². The van der Waals surface area contributed by atoms with Crippen LogP contribution in [-0.2, 0) is 0 Å². The number of piperazine rings is 1. The Labute approximate surface area is 176 Å². The summed E-state index contributed by atoms with van der Waals surface area (Å²) in [5, 5.41) is 5.62. The quantitative estimate of drug-likeness (QED) is 0.686. The van der Waals surface area contributed by atoms with Crippen LogP contribution in [0.3, 0.4) is 0 Å². The largest absolute Gasteiger partial charge is 0.454 e. The van der Waals surface area contributed by atoms with Gasteiger partial charge in [0.1, 0.15) is 11.5 Å². The third kappa shape index (κ3) is 3.76. The standard InChI is InChI=1S/C21H19FN4O3S/c22-14-1-4-16(5-2-14)25-7-9-26(10-8-25)20(27)17-12-30-21(24-17)23-15-3-6-18-19(11-15)29-13-28-18/h1-6,11-12H,7-10,13H2,(H,23,24). The summed E-state index contributed by atoms with van der Waals surface area (Å²) in [6.07, 6.45) is 0. The van der Waals surface area contributed by atoms with E-state index in [9.17, 15) is 9.18 Å². The van der Waals surface area contributed by atoms with Gasteiger partial charge in [-0.25, -0.2) is 9.37 Å². The van der Waals surface area contributed by atoms with Gasteiger partial charge in [0.2, 0.25) is 6.79 Å². The van der Waals surface area contributed by atoms with Gasteiger partial charge in [0, 0.05) is 49.0 Å². The lowest BCUT2D eigenvalue weighted by atomic mass is 10.2. The molecule has 30 heavy (non-hydrogen) atoms. The summed E-state index contributed by atoms with van der Waals surface area (Å²) < 4.78 is 23.8. The third-order valence-electron chi connectivity index (χ3n) is 5.11. The molecule has 0 radical (unpaired) electrons. The van der Waals surface area contributed by atoms with E-state index in [4.69, 9.17) is 9.47 Å². The van der Waals surface area contributed by atoms with Gasteiger partial charge in [-0.2, -0.15) is 0 Å². The van der Waals surface area contributed by atoms with E-state index in [-0.39, 0.29) is 18.5 Å². The molecule has 1 aromatic heterocycles. The van der Waals surface area contributed by atoms with Crippen LogP contribution in [0.4, 0.5) is 20.9 Å². The Morgan fingerprint density at radius 2 is 1.80 bits per heavy atom. The summed E-state index contributed by atoms with van der Waals surface area (Å²) >= 11 is 1.38.